The first-order chi connectivity index (χ1) is 3.68. The number of allylic oxidation sites excluding steroid dienone is 2. The maximum absolute atomic E-state index is 10.1. The van der Waals surface area contributed by atoms with Gasteiger partial charge in [-0.2, -0.15) is 0 Å². The van der Waals surface area contributed by atoms with Gasteiger partial charge in [-0.05, 0) is 6.08 Å². The van der Waals surface area contributed by atoms with E-state index in [0.717, 1.165) is 0 Å². The van der Waals surface area contributed by atoms with Crippen LogP contribution in [-0.4, -0.2) is 5.91 Å². The zero-order valence-electron chi connectivity index (χ0n) is 4.29. The minimum absolute atomic E-state index is 0.222. The lowest BCUT2D eigenvalue weighted by Crippen LogP contribution is -2.09. The Morgan fingerprint density at radius 1 is 1.75 bits per heavy atom. The van der Waals surface area contributed by atoms with Gasteiger partial charge in [0.2, 0.25) is 0 Å². The molecule has 0 heterocycles. The molecule has 0 spiro atoms. The molecule has 0 saturated carbocycles. The SMILES string of the molecule is C=C/C=C(\S)C(N)=O. The summed E-state index contributed by atoms with van der Waals surface area (Å²) in [6, 6.07) is 0. The summed E-state index contributed by atoms with van der Waals surface area (Å²) < 4.78 is 0. The molecule has 8 heavy (non-hydrogen) atoms. The fraction of sp³-hybridized carbons (Fsp3) is 0. The Balaban J connectivity index is 3.99. The van der Waals surface area contributed by atoms with Gasteiger partial charge in [-0.15, -0.1) is 12.6 Å². The normalized spacial score (nSPS) is 10.9. The maximum atomic E-state index is 10.1. The van der Waals surface area contributed by atoms with Gasteiger partial charge in [0, 0.05) is 0 Å². The van der Waals surface area contributed by atoms with Crippen LogP contribution in [0.5, 0.6) is 0 Å². The Kier molecular flexibility index (Phi) is 3.03. The van der Waals surface area contributed by atoms with Crippen LogP contribution in [0.25, 0.3) is 0 Å². The number of carbonyl (C=O) groups is 1. The molecule has 0 fully saturated rings. The molecule has 0 bridgehead atoms. The van der Waals surface area contributed by atoms with Gasteiger partial charge in [-0.1, -0.05) is 12.7 Å². The third-order valence-corrected chi connectivity index (χ3v) is 0.898. The summed E-state index contributed by atoms with van der Waals surface area (Å²) in [5, 5.41) is 0. The van der Waals surface area contributed by atoms with Gasteiger partial charge in [-0.3, -0.25) is 4.79 Å². The molecule has 0 aromatic rings. The summed E-state index contributed by atoms with van der Waals surface area (Å²) in [7, 11) is 0. The third-order valence-electron chi connectivity index (χ3n) is 0.528. The monoisotopic (exact) mass is 129 g/mol. The van der Waals surface area contributed by atoms with Crippen LogP contribution < -0.4 is 5.73 Å². The van der Waals surface area contributed by atoms with E-state index in [0.29, 0.717) is 0 Å². The fourth-order valence-corrected chi connectivity index (χ4v) is 0.299. The molecule has 44 valence electrons. The minimum Gasteiger partial charge on any atom is -0.365 e. The van der Waals surface area contributed by atoms with E-state index >= 15 is 0 Å². The average Bonchev–Trinajstić information content (AvgIpc) is 1.67. The fourth-order valence-electron chi connectivity index (χ4n) is 0.194. The van der Waals surface area contributed by atoms with Crippen molar-refractivity contribution in [2.24, 2.45) is 5.73 Å². The van der Waals surface area contributed by atoms with Gasteiger partial charge in [0.25, 0.3) is 5.91 Å². The summed E-state index contributed by atoms with van der Waals surface area (Å²) >= 11 is 3.72. The topological polar surface area (TPSA) is 43.1 Å². The predicted molar refractivity (Wildman–Crippen MR) is 36.5 cm³/mol. The van der Waals surface area contributed by atoms with E-state index in [4.69, 9.17) is 5.73 Å². The molecule has 2 N–H and O–H groups in total. The molecule has 2 nitrogen and oxygen atoms in total. The molecule has 1 amide bonds. The molecule has 0 saturated heterocycles. The highest BCUT2D eigenvalue weighted by molar-refractivity contribution is 7.85. The Morgan fingerprint density at radius 3 is 2.38 bits per heavy atom. The first-order valence-electron chi connectivity index (χ1n) is 2.00. The molecule has 0 aliphatic rings. The summed E-state index contributed by atoms with van der Waals surface area (Å²) in [4.78, 5) is 10.3. The standard InChI is InChI=1S/C5H7NOS/c1-2-3-4(8)5(6)7/h2-3,8H,1H2,(H2,6,7)/b4-3-. The van der Waals surface area contributed by atoms with Gasteiger partial charge in [0.1, 0.15) is 0 Å². The Hall–Kier alpha value is -0.700. The minimum atomic E-state index is -0.534. The van der Waals surface area contributed by atoms with Crippen molar-refractivity contribution in [3.05, 3.63) is 23.6 Å². The van der Waals surface area contributed by atoms with Gasteiger partial charge in [0.05, 0.1) is 4.91 Å². The van der Waals surface area contributed by atoms with E-state index < -0.39 is 5.91 Å². The lowest BCUT2D eigenvalue weighted by molar-refractivity contribution is -0.113. The van der Waals surface area contributed by atoms with E-state index in [-0.39, 0.29) is 4.91 Å². The molecule has 0 radical (unpaired) electrons. The molecule has 0 aliphatic carbocycles. The van der Waals surface area contributed by atoms with Crippen molar-refractivity contribution in [1.29, 1.82) is 0 Å². The van der Waals surface area contributed by atoms with E-state index in [1.165, 1.54) is 12.2 Å². The van der Waals surface area contributed by atoms with Crippen LogP contribution >= 0.6 is 12.6 Å². The zero-order valence-corrected chi connectivity index (χ0v) is 5.19. The number of hydrogen-bond donors (Lipinski definition) is 2. The lowest BCUT2D eigenvalue weighted by Gasteiger charge is -1.85. The Morgan fingerprint density at radius 2 is 2.25 bits per heavy atom. The number of hydrogen-bond acceptors (Lipinski definition) is 2. The second-order valence-electron chi connectivity index (χ2n) is 1.15. The number of primary amides is 1. The number of rotatable bonds is 2. The second kappa shape index (κ2) is 3.32. The van der Waals surface area contributed by atoms with Crippen molar-refractivity contribution in [1.82, 2.24) is 0 Å². The van der Waals surface area contributed by atoms with E-state index in [1.54, 1.807) is 0 Å². The first kappa shape index (κ1) is 7.30. The Labute approximate surface area is 53.5 Å². The smallest absolute Gasteiger partial charge is 0.254 e. The zero-order chi connectivity index (χ0) is 6.57. The van der Waals surface area contributed by atoms with Crippen molar-refractivity contribution in [2.45, 2.75) is 0 Å². The maximum Gasteiger partial charge on any atom is 0.254 e. The van der Waals surface area contributed by atoms with Crippen LogP contribution in [0.4, 0.5) is 0 Å². The molecule has 0 aromatic carbocycles. The number of amides is 1. The predicted octanol–water partition coefficient (Wildman–Crippen LogP) is 0.471. The molecule has 0 aromatic heterocycles. The van der Waals surface area contributed by atoms with Gasteiger partial charge in [0.15, 0.2) is 0 Å². The highest BCUT2D eigenvalue weighted by Crippen LogP contribution is 1.96. The van der Waals surface area contributed by atoms with E-state index in [1.807, 2.05) is 0 Å². The number of thiol groups is 1. The molecule has 0 atom stereocenters. The quantitative estimate of drug-likeness (QED) is 0.318. The van der Waals surface area contributed by atoms with Crippen LogP contribution in [-0.2, 0) is 4.79 Å². The van der Waals surface area contributed by atoms with Crippen molar-refractivity contribution >= 4 is 18.5 Å². The average molecular weight is 129 g/mol. The van der Waals surface area contributed by atoms with Crippen LogP contribution in [0, 0.1) is 0 Å². The van der Waals surface area contributed by atoms with Crippen LogP contribution in [0.3, 0.4) is 0 Å². The number of nitrogens with two attached hydrogens (primary N) is 1. The molecular formula is C5H7NOS. The van der Waals surface area contributed by atoms with Crippen molar-refractivity contribution < 1.29 is 4.79 Å². The largest absolute Gasteiger partial charge is 0.365 e. The molecule has 3 heteroatoms. The summed E-state index contributed by atoms with van der Waals surface area (Å²) in [6.45, 7) is 3.35. The third kappa shape index (κ3) is 2.47. The van der Waals surface area contributed by atoms with Crippen molar-refractivity contribution in [2.75, 3.05) is 0 Å². The molecule has 0 rings (SSSR count). The van der Waals surface area contributed by atoms with Crippen molar-refractivity contribution in [3.8, 4) is 0 Å². The van der Waals surface area contributed by atoms with Gasteiger partial charge < -0.3 is 5.73 Å². The van der Waals surface area contributed by atoms with Crippen LogP contribution in [0.15, 0.2) is 23.6 Å². The van der Waals surface area contributed by atoms with Gasteiger partial charge >= 0.3 is 0 Å². The molecule has 0 aliphatic heterocycles. The summed E-state index contributed by atoms with van der Waals surface area (Å²) in [5.74, 6) is -0.534. The Bertz CT molecular complexity index is 139. The lowest BCUT2D eigenvalue weighted by atomic mass is 10.5. The number of carbonyl (C=O) groups excluding carboxylic acids is 1. The van der Waals surface area contributed by atoms with E-state index in [2.05, 4.69) is 19.2 Å². The molecular weight excluding hydrogens is 122 g/mol. The summed E-state index contributed by atoms with van der Waals surface area (Å²) in [6.07, 6.45) is 2.89. The van der Waals surface area contributed by atoms with Crippen LogP contribution in [0.1, 0.15) is 0 Å². The highest BCUT2D eigenvalue weighted by atomic mass is 32.1. The second-order valence-corrected chi connectivity index (χ2v) is 1.63. The summed E-state index contributed by atoms with van der Waals surface area (Å²) in [5.41, 5.74) is 4.79. The molecule has 0 unspecified atom stereocenters. The van der Waals surface area contributed by atoms with E-state index in [9.17, 15) is 4.79 Å². The van der Waals surface area contributed by atoms with Gasteiger partial charge in [-0.25, -0.2) is 0 Å². The van der Waals surface area contributed by atoms with Crippen LogP contribution in [0.2, 0.25) is 0 Å². The first-order valence-corrected chi connectivity index (χ1v) is 2.44. The highest BCUT2D eigenvalue weighted by Gasteiger charge is 1.92. The van der Waals surface area contributed by atoms with Crippen molar-refractivity contribution in [3.63, 3.8) is 0 Å².